The minimum absolute atomic E-state index is 0.00245. The second-order valence-corrected chi connectivity index (χ2v) is 7.66. The minimum atomic E-state index is -0.0729. The summed E-state index contributed by atoms with van der Waals surface area (Å²) in [6.45, 7) is 3.96. The van der Waals surface area contributed by atoms with Crippen LogP contribution in [0.1, 0.15) is 5.56 Å². The lowest BCUT2D eigenvalue weighted by molar-refractivity contribution is -0.141. The molecule has 0 radical (unpaired) electrons. The first-order valence-electron chi connectivity index (χ1n) is 10.4. The van der Waals surface area contributed by atoms with Crippen LogP contribution in [0, 0.1) is 6.92 Å². The summed E-state index contributed by atoms with van der Waals surface area (Å²) >= 11 is 0. The van der Waals surface area contributed by atoms with Crippen LogP contribution in [-0.4, -0.2) is 61.0 Å². The molecule has 1 heterocycles. The van der Waals surface area contributed by atoms with Gasteiger partial charge in [0.05, 0.1) is 0 Å². The molecule has 3 aromatic carbocycles. The van der Waals surface area contributed by atoms with Crippen molar-refractivity contribution in [1.82, 2.24) is 9.80 Å². The van der Waals surface area contributed by atoms with E-state index in [1.54, 1.807) is 9.80 Å². The number of carbonyl (C=O) groups excluding carboxylic acids is 2. The molecule has 0 spiro atoms. The van der Waals surface area contributed by atoms with E-state index in [2.05, 4.69) is 0 Å². The van der Waals surface area contributed by atoms with E-state index in [1.807, 2.05) is 73.7 Å². The number of hydrogen-bond acceptors (Lipinski definition) is 4. The lowest BCUT2D eigenvalue weighted by Crippen LogP contribution is -2.52. The molecule has 2 amide bonds. The summed E-state index contributed by atoms with van der Waals surface area (Å²) in [4.78, 5) is 28.4. The van der Waals surface area contributed by atoms with Crippen LogP contribution in [0.5, 0.6) is 11.5 Å². The smallest absolute Gasteiger partial charge is 0.260 e. The fraction of sp³-hybridized carbons (Fsp3) is 0.280. The molecule has 6 heteroatoms. The summed E-state index contributed by atoms with van der Waals surface area (Å²) in [5, 5.41) is 2.21. The fourth-order valence-corrected chi connectivity index (χ4v) is 3.64. The first kappa shape index (κ1) is 20.7. The Morgan fingerprint density at radius 3 is 1.90 bits per heavy atom. The summed E-state index contributed by atoms with van der Waals surface area (Å²) < 4.78 is 11.3. The highest BCUT2D eigenvalue weighted by Crippen LogP contribution is 2.20. The first-order chi connectivity index (χ1) is 15.1. The Balaban J connectivity index is 1.22. The van der Waals surface area contributed by atoms with Crippen LogP contribution in [0.4, 0.5) is 0 Å². The van der Waals surface area contributed by atoms with E-state index in [0.717, 1.165) is 16.3 Å². The van der Waals surface area contributed by atoms with Crippen molar-refractivity contribution in [3.05, 3.63) is 72.3 Å². The van der Waals surface area contributed by atoms with Gasteiger partial charge in [0.2, 0.25) is 0 Å². The molecule has 6 nitrogen and oxygen atoms in total. The number of carbonyl (C=O) groups is 2. The SMILES string of the molecule is Cc1cccc(OCC(=O)N2CCN(C(=O)COc3ccc4ccccc4c3)CC2)c1. The highest BCUT2D eigenvalue weighted by molar-refractivity contribution is 5.84. The van der Waals surface area contributed by atoms with E-state index >= 15 is 0 Å². The van der Waals surface area contributed by atoms with Gasteiger partial charge in [-0.3, -0.25) is 9.59 Å². The second kappa shape index (κ2) is 9.51. The maximum absolute atomic E-state index is 12.5. The average Bonchev–Trinajstić information content (AvgIpc) is 2.81. The van der Waals surface area contributed by atoms with Gasteiger partial charge in [-0.1, -0.05) is 42.5 Å². The molecule has 0 saturated carbocycles. The molecule has 0 N–H and O–H groups in total. The number of aryl methyl sites for hydroxylation is 1. The molecule has 4 rings (SSSR count). The fourth-order valence-electron chi connectivity index (χ4n) is 3.64. The van der Waals surface area contributed by atoms with Gasteiger partial charge in [0.1, 0.15) is 11.5 Å². The highest BCUT2D eigenvalue weighted by atomic mass is 16.5. The molecular weight excluding hydrogens is 392 g/mol. The molecule has 0 bridgehead atoms. The summed E-state index contributed by atoms with van der Waals surface area (Å²) in [5.74, 6) is 1.22. The third-order valence-corrected chi connectivity index (χ3v) is 5.42. The van der Waals surface area contributed by atoms with Crippen LogP contribution in [0.15, 0.2) is 66.7 Å². The van der Waals surface area contributed by atoms with Crippen molar-refractivity contribution in [3.8, 4) is 11.5 Å². The normalized spacial score (nSPS) is 13.8. The average molecular weight is 418 g/mol. The number of piperazine rings is 1. The maximum Gasteiger partial charge on any atom is 0.260 e. The number of benzene rings is 3. The van der Waals surface area contributed by atoms with E-state index in [1.165, 1.54) is 0 Å². The van der Waals surface area contributed by atoms with Crippen molar-refractivity contribution in [2.24, 2.45) is 0 Å². The summed E-state index contributed by atoms with van der Waals surface area (Å²) in [6, 6.07) is 21.4. The first-order valence-corrected chi connectivity index (χ1v) is 10.4. The van der Waals surface area contributed by atoms with Crippen molar-refractivity contribution in [2.45, 2.75) is 6.92 Å². The van der Waals surface area contributed by atoms with Gasteiger partial charge in [-0.25, -0.2) is 0 Å². The van der Waals surface area contributed by atoms with E-state index < -0.39 is 0 Å². The van der Waals surface area contributed by atoms with Gasteiger partial charge in [0.25, 0.3) is 11.8 Å². The zero-order chi connectivity index (χ0) is 21.6. The Bertz CT molecular complexity index is 1070. The summed E-state index contributed by atoms with van der Waals surface area (Å²) in [5.41, 5.74) is 1.09. The second-order valence-electron chi connectivity index (χ2n) is 7.66. The Labute approximate surface area is 182 Å². The Morgan fingerprint density at radius 1 is 0.710 bits per heavy atom. The Hall–Kier alpha value is -3.54. The predicted molar refractivity (Wildman–Crippen MR) is 119 cm³/mol. The van der Waals surface area contributed by atoms with Gasteiger partial charge in [0.15, 0.2) is 13.2 Å². The number of amides is 2. The van der Waals surface area contributed by atoms with Crippen LogP contribution in [-0.2, 0) is 9.59 Å². The van der Waals surface area contributed by atoms with Gasteiger partial charge >= 0.3 is 0 Å². The number of hydrogen-bond donors (Lipinski definition) is 0. The molecule has 1 fully saturated rings. The predicted octanol–water partition coefficient (Wildman–Crippen LogP) is 3.28. The van der Waals surface area contributed by atoms with Crippen LogP contribution in [0.25, 0.3) is 10.8 Å². The lowest BCUT2D eigenvalue weighted by atomic mass is 10.1. The van der Waals surface area contributed by atoms with Crippen molar-refractivity contribution < 1.29 is 19.1 Å². The molecule has 31 heavy (non-hydrogen) atoms. The van der Waals surface area contributed by atoms with Crippen LogP contribution >= 0.6 is 0 Å². The van der Waals surface area contributed by atoms with Crippen LogP contribution < -0.4 is 9.47 Å². The van der Waals surface area contributed by atoms with Crippen LogP contribution in [0.2, 0.25) is 0 Å². The number of ether oxygens (including phenoxy) is 2. The summed E-state index contributed by atoms with van der Waals surface area (Å²) in [7, 11) is 0. The largest absolute Gasteiger partial charge is 0.484 e. The quantitative estimate of drug-likeness (QED) is 0.617. The zero-order valence-corrected chi connectivity index (χ0v) is 17.6. The third-order valence-electron chi connectivity index (χ3n) is 5.42. The molecule has 1 aliphatic rings. The maximum atomic E-state index is 12.5. The van der Waals surface area contributed by atoms with Crippen molar-refractivity contribution in [1.29, 1.82) is 0 Å². The molecule has 1 saturated heterocycles. The molecule has 3 aromatic rings. The minimum Gasteiger partial charge on any atom is -0.484 e. The highest BCUT2D eigenvalue weighted by Gasteiger charge is 2.24. The Morgan fingerprint density at radius 2 is 1.29 bits per heavy atom. The topological polar surface area (TPSA) is 59.1 Å². The van der Waals surface area contributed by atoms with Gasteiger partial charge in [-0.05, 0) is 47.5 Å². The van der Waals surface area contributed by atoms with Gasteiger partial charge < -0.3 is 19.3 Å². The molecule has 0 atom stereocenters. The zero-order valence-electron chi connectivity index (χ0n) is 17.6. The van der Waals surface area contributed by atoms with Gasteiger partial charge in [-0.2, -0.15) is 0 Å². The monoisotopic (exact) mass is 418 g/mol. The molecule has 0 unspecified atom stereocenters. The molecule has 160 valence electrons. The van der Waals surface area contributed by atoms with E-state index in [9.17, 15) is 9.59 Å². The van der Waals surface area contributed by atoms with Crippen molar-refractivity contribution in [2.75, 3.05) is 39.4 Å². The van der Waals surface area contributed by atoms with Gasteiger partial charge in [0, 0.05) is 26.2 Å². The standard InChI is InChI=1S/C25H26N2O4/c1-19-5-4-8-22(15-19)30-17-24(28)26-11-13-27(14-12-26)25(29)18-31-23-10-9-20-6-2-3-7-21(20)16-23/h2-10,15-16H,11-14,17-18H2,1H3. The van der Waals surface area contributed by atoms with Crippen LogP contribution in [0.3, 0.4) is 0 Å². The van der Waals surface area contributed by atoms with E-state index in [0.29, 0.717) is 37.7 Å². The van der Waals surface area contributed by atoms with Crippen molar-refractivity contribution in [3.63, 3.8) is 0 Å². The summed E-state index contributed by atoms with van der Waals surface area (Å²) in [6.07, 6.45) is 0. The third kappa shape index (κ3) is 5.34. The number of rotatable bonds is 6. The van der Waals surface area contributed by atoms with Crippen molar-refractivity contribution >= 4 is 22.6 Å². The van der Waals surface area contributed by atoms with E-state index in [-0.39, 0.29) is 25.0 Å². The molecule has 0 aliphatic carbocycles. The number of nitrogens with zero attached hydrogens (tertiary/aromatic N) is 2. The Kier molecular flexibility index (Phi) is 6.36. The van der Waals surface area contributed by atoms with Gasteiger partial charge in [-0.15, -0.1) is 0 Å². The molecule has 1 aliphatic heterocycles. The lowest BCUT2D eigenvalue weighted by Gasteiger charge is -2.34. The molecule has 0 aromatic heterocycles. The number of fused-ring (bicyclic) bond motifs is 1. The van der Waals surface area contributed by atoms with E-state index in [4.69, 9.17) is 9.47 Å². The molecular formula is C25H26N2O4.